The van der Waals surface area contributed by atoms with Gasteiger partial charge in [-0.3, -0.25) is 14.9 Å². The fourth-order valence-corrected chi connectivity index (χ4v) is 1.26. The Bertz CT molecular complexity index is 446. The number of nitrogens with zero attached hydrogens (tertiary/aromatic N) is 1. The highest BCUT2D eigenvalue weighted by Gasteiger charge is 2.13. The van der Waals surface area contributed by atoms with Gasteiger partial charge in [-0.1, -0.05) is 6.92 Å². The molecule has 1 atom stereocenters. The number of rotatable bonds is 4. The van der Waals surface area contributed by atoms with Crippen LogP contribution in [0.2, 0.25) is 0 Å². The van der Waals surface area contributed by atoms with Crippen LogP contribution in [0, 0.1) is 23.0 Å². The lowest BCUT2D eigenvalue weighted by molar-refractivity contribution is -0.384. The van der Waals surface area contributed by atoms with Crippen LogP contribution in [0.4, 0.5) is 11.4 Å². The predicted octanol–water partition coefficient (Wildman–Crippen LogP) is 1.44. The standard InChI is InChI=1S/C11H15N3O3/c1-7-5-9(14(16)17)3-4-10(7)13-11(15)8(2)6-12/h3-5,8H,6,12H2,1-2H3,(H,13,15). The number of nitro groups is 1. The molecule has 3 N–H and O–H groups in total. The minimum absolute atomic E-state index is 0.00683. The van der Waals surface area contributed by atoms with Gasteiger partial charge in [0.2, 0.25) is 5.91 Å². The van der Waals surface area contributed by atoms with Gasteiger partial charge in [0.25, 0.3) is 5.69 Å². The number of non-ortho nitro benzene ring substituents is 1. The van der Waals surface area contributed by atoms with E-state index in [0.29, 0.717) is 11.3 Å². The van der Waals surface area contributed by atoms with Crippen LogP contribution >= 0.6 is 0 Å². The summed E-state index contributed by atoms with van der Waals surface area (Å²) in [5, 5.41) is 13.2. The van der Waals surface area contributed by atoms with Crippen LogP contribution < -0.4 is 11.1 Å². The Labute approximate surface area is 99.0 Å². The normalized spacial score (nSPS) is 11.9. The van der Waals surface area contributed by atoms with Crippen LogP contribution in [-0.4, -0.2) is 17.4 Å². The number of nitrogens with one attached hydrogen (secondary N) is 1. The summed E-state index contributed by atoms with van der Waals surface area (Å²) in [6, 6.07) is 4.30. The molecule has 0 aromatic heterocycles. The minimum Gasteiger partial charge on any atom is -0.330 e. The second-order valence-corrected chi connectivity index (χ2v) is 3.88. The third-order valence-electron chi connectivity index (χ3n) is 2.48. The van der Waals surface area contributed by atoms with Gasteiger partial charge >= 0.3 is 0 Å². The number of nitrogens with two attached hydrogens (primary N) is 1. The predicted molar refractivity (Wildman–Crippen MR) is 64.7 cm³/mol. The number of nitro benzene ring substituents is 1. The van der Waals surface area contributed by atoms with E-state index in [-0.39, 0.29) is 24.1 Å². The average molecular weight is 237 g/mol. The molecule has 0 saturated carbocycles. The number of hydrogen-bond acceptors (Lipinski definition) is 4. The smallest absolute Gasteiger partial charge is 0.269 e. The number of aryl methyl sites for hydroxylation is 1. The first-order valence-electron chi connectivity index (χ1n) is 5.21. The highest BCUT2D eigenvalue weighted by Crippen LogP contribution is 2.21. The Morgan fingerprint density at radius 1 is 1.59 bits per heavy atom. The highest BCUT2D eigenvalue weighted by molar-refractivity contribution is 5.93. The second-order valence-electron chi connectivity index (χ2n) is 3.88. The summed E-state index contributed by atoms with van der Waals surface area (Å²) in [5.74, 6) is -0.478. The molecule has 1 amide bonds. The molecule has 0 aliphatic heterocycles. The molecule has 0 spiro atoms. The molecule has 0 bridgehead atoms. The Hall–Kier alpha value is -1.95. The Balaban J connectivity index is 2.86. The van der Waals surface area contributed by atoms with Gasteiger partial charge in [0.15, 0.2) is 0 Å². The number of benzene rings is 1. The molecule has 0 aliphatic rings. The average Bonchev–Trinajstić information content (AvgIpc) is 2.30. The van der Waals surface area contributed by atoms with Crippen molar-refractivity contribution in [2.45, 2.75) is 13.8 Å². The molecule has 0 aliphatic carbocycles. The van der Waals surface area contributed by atoms with E-state index in [0.717, 1.165) is 0 Å². The molecule has 17 heavy (non-hydrogen) atoms. The zero-order valence-electron chi connectivity index (χ0n) is 9.77. The lowest BCUT2D eigenvalue weighted by atomic mass is 10.1. The van der Waals surface area contributed by atoms with Crippen molar-refractivity contribution in [1.82, 2.24) is 0 Å². The molecular formula is C11H15N3O3. The van der Waals surface area contributed by atoms with Gasteiger partial charge in [0, 0.05) is 30.3 Å². The maximum atomic E-state index is 11.6. The molecule has 0 fully saturated rings. The van der Waals surface area contributed by atoms with Crippen LogP contribution in [-0.2, 0) is 4.79 Å². The SMILES string of the molecule is Cc1cc([N+](=O)[O-])ccc1NC(=O)C(C)CN. The van der Waals surface area contributed by atoms with E-state index < -0.39 is 4.92 Å². The largest absolute Gasteiger partial charge is 0.330 e. The van der Waals surface area contributed by atoms with Crippen LogP contribution in [0.5, 0.6) is 0 Å². The van der Waals surface area contributed by atoms with Crippen molar-refractivity contribution in [3.8, 4) is 0 Å². The van der Waals surface area contributed by atoms with Crippen molar-refractivity contribution in [3.63, 3.8) is 0 Å². The first-order chi connectivity index (χ1) is 7.95. The lowest BCUT2D eigenvalue weighted by Crippen LogP contribution is -2.26. The molecule has 1 rings (SSSR count). The molecule has 1 aromatic carbocycles. The quantitative estimate of drug-likeness (QED) is 0.611. The summed E-state index contributed by atoms with van der Waals surface area (Å²) in [5.41, 5.74) is 6.61. The summed E-state index contributed by atoms with van der Waals surface area (Å²) in [6.07, 6.45) is 0. The summed E-state index contributed by atoms with van der Waals surface area (Å²) in [6.45, 7) is 3.68. The number of anilines is 1. The number of carbonyl (C=O) groups is 1. The van der Waals surface area contributed by atoms with Crippen molar-refractivity contribution in [2.24, 2.45) is 11.7 Å². The molecule has 6 heteroatoms. The lowest BCUT2D eigenvalue weighted by Gasteiger charge is -2.11. The Morgan fingerprint density at radius 2 is 2.24 bits per heavy atom. The van der Waals surface area contributed by atoms with Crippen molar-refractivity contribution >= 4 is 17.3 Å². The minimum atomic E-state index is -0.471. The van der Waals surface area contributed by atoms with Gasteiger partial charge in [0.1, 0.15) is 0 Å². The van der Waals surface area contributed by atoms with E-state index in [1.54, 1.807) is 13.8 Å². The summed E-state index contributed by atoms with van der Waals surface area (Å²) in [7, 11) is 0. The fraction of sp³-hybridized carbons (Fsp3) is 0.364. The van der Waals surface area contributed by atoms with Crippen LogP contribution in [0.1, 0.15) is 12.5 Å². The molecule has 0 radical (unpaired) electrons. The maximum absolute atomic E-state index is 11.6. The molecule has 92 valence electrons. The van der Waals surface area contributed by atoms with Gasteiger partial charge in [-0.15, -0.1) is 0 Å². The van der Waals surface area contributed by atoms with Crippen molar-refractivity contribution in [1.29, 1.82) is 0 Å². The van der Waals surface area contributed by atoms with Gasteiger partial charge in [-0.2, -0.15) is 0 Å². The zero-order valence-corrected chi connectivity index (χ0v) is 9.77. The zero-order chi connectivity index (χ0) is 13.0. The molecule has 0 heterocycles. The Kier molecular flexibility index (Phi) is 4.17. The van der Waals surface area contributed by atoms with Gasteiger partial charge in [0.05, 0.1) is 4.92 Å². The molecule has 1 unspecified atom stereocenters. The monoisotopic (exact) mass is 237 g/mol. The first-order valence-corrected chi connectivity index (χ1v) is 5.21. The fourth-order valence-electron chi connectivity index (χ4n) is 1.26. The second kappa shape index (κ2) is 5.40. The van der Waals surface area contributed by atoms with Gasteiger partial charge in [-0.05, 0) is 18.6 Å². The molecule has 6 nitrogen and oxygen atoms in total. The maximum Gasteiger partial charge on any atom is 0.269 e. The van der Waals surface area contributed by atoms with E-state index in [9.17, 15) is 14.9 Å². The summed E-state index contributed by atoms with van der Waals surface area (Å²) in [4.78, 5) is 21.7. The molecule has 0 saturated heterocycles. The number of hydrogen-bond donors (Lipinski definition) is 2. The van der Waals surface area contributed by atoms with Crippen molar-refractivity contribution in [2.75, 3.05) is 11.9 Å². The van der Waals surface area contributed by atoms with E-state index >= 15 is 0 Å². The van der Waals surface area contributed by atoms with E-state index in [2.05, 4.69) is 5.32 Å². The number of amides is 1. The first kappa shape index (κ1) is 13.1. The van der Waals surface area contributed by atoms with Gasteiger partial charge in [-0.25, -0.2) is 0 Å². The summed E-state index contributed by atoms with van der Waals surface area (Å²) >= 11 is 0. The van der Waals surface area contributed by atoms with Crippen molar-refractivity contribution < 1.29 is 9.72 Å². The van der Waals surface area contributed by atoms with Crippen LogP contribution in [0.15, 0.2) is 18.2 Å². The van der Waals surface area contributed by atoms with E-state index in [1.165, 1.54) is 18.2 Å². The van der Waals surface area contributed by atoms with Crippen LogP contribution in [0.25, 0.3) is 0 Å². The van der Waals surface area contributed by atoms with E-state index in [4.69, 9.17) is 5.73 Å². The summed E-state index contributed by atoms with van der Waals surface area (Å²) < 4.78 is 0. The van der Waals surface area contributed by atoms with Gasteiger partial charge < -0.3 is 11.1 Å². The third kappa shape index (κ3) is 3.25. The molecule has 1 aromatic rings. The van der Waals surface area contributed by atoms with Crippen LogP contribution in [0.3, 0.4) is 0 Å². The Morgan fingerprint density at radius 3 is 2.71 bits per heavy atom. The highest BCUT2D eigenvalue weighted by atomic mass is 16.6. The molecular weight excluding hydrogens is 222 g/mol. The third-order valence-corrected chi connectivity index (χ3v) is 2.48. The topological polar surface area (TPSA) is 98.3 Å². The van der Waals surface area contributed by atoms with Crippen molar-refractivity contribution in [3.05, 3.63) is 33.9 Å². The van der Waals surface area contributed by atoms with E-state index in [1.807, 2.05) is 0 Å². The number of carbonyl (C=O) groups excluding carboxylic acids is 1.